The largest absolute Gasteiger partial charge is 0.390 e. The number of fused-ring (bicyclic) bond motifs is 1. The molecule has 0 aromatic carbocycles. The lowest BCUT2D eigenvalue weighted by molar-refractivity contribution is 0.275. The molecule has 0 radical (unpaired) electrons. The number of nitrogens with zero attached hydrogens (tertiary/aromatic N) is 3. The Labute approximate surface area is 63.1 Å². The van der Waals surface area contributed by atoms with Crippen LogP contribution in [-0.4, -0.2) is 19.7 Å². The first-order valence-corrected chi connectivity index (χ1v) is 3.30. The van der Waals surface area contributed by atoms with Gasteiger partial charge in [0.1, 0.15) is 6.33 Å². The number of pyridine rings is 1. The molecule has 0 unspecified atom stereocenters. The minimum atomic E-state index is 0.00931. The number of hydrogen-bond acceptors (Lipinski definition) is 3. The summed E-state index contributed by atoms with van der Waals surface area (Å²) in [4.78, 5) is 0. The lowest BCUT2D eigenvalue weighted by Crippen LogP contribution is -1.93. The second-order valence-corrected chi connectivity index (χ2v) is 2.23. The van der Waals surface area contributed by atoms with Crippen LogP contribution in [0.3, 0.4) is 0 Å². The summed E-state index contributed by atoms with van der Waals surface area (Å²) < 4.78 is 1.75. The van der Waals surface area contributed by atoms with Crippen molar-refractivity contribution in [3.05, 3.63) is 30.2 Å². The molecule has 2 aromatic rings. The average Bonchev–Trinajstić information content (AvgIpc) is 2.50. The van der Waals surface area contributed by atoms with Crippen LogP contribution in [0.5, 0.6) is 0 Å². The summed E-state index contributed by atoms with van der Waals surface area (Å²) in [6.45, 7) is 0.00931. The monoisotopic (exact) mass is 149 g/mol. The van der Waals surface area contributed by atoms with Gasteiger partial charge < -0.3 is 5.11 Å². The molecule has 11 heavy (non-hydrogen) atoms. The number of rotatable bonds is 1. The molecule has 0 bridgehead atoms. The minimum Gasteiger partial charge on any atom is -0.390 e. The van der Waals surface area contributed by atoms with Crippen LogP contribution in [0.15, 0.2) is 24.5 Å². The van der Waals surface area contributed by atoms with Crippen LogP contribution in [0.1, 0.15) is 5.69 Å². The molecule has 2 aromatic heterocycles. The van der Waals surface area contributed by atoms with Gasteiger partial charge in [-0.15, -0.1) is 10.2 Å². The Morgan fingerprint density at radius 3 is 3.18 bits per heavy atom. The Morgan fingerprint density at radius 1 is 1.45 bits per heavy atom. The van der Waals surface area contributed by atoms with Crippen molar-refractivity contribution in [2.75, 3.05) is 0 Å². The van der Waals surface area contributed by atoms with E-state index in [1.165, 1.54) is 0 Å². The second kappa shape index (κ2) is 2.32. The van der Waals surface area contributed by atoms with Crippen LogP contribution in [0.2, 0.25) is 0 Å². The van der Waals surface area contributed by atoms with Crippen LogP contribution in [-0.2, 0) is 6.61 Å². The summed E-state index contributed by atoms with van der Waals surface area (Å²) in [6, 6.07) is 5.51. The van der Waals surface area contributed by atoms with Crippen molar-refractivity contribution in [2.45, 2.75) is 6.61 Å². The molecule has 2 rings (SSSR count). The van der Waals surface area contributed by atoms with E-state index in [4.69, 9.17) is 5.11 Å². The molecule has 56 valence electrons. The highest BCUT2D eigenvalue weighted by Gasteiger charge is 1.97. The second-order valence-electron chi connectivity index (χ2n) is 2.23. The molecule has 2 heterocycles. The maximum atomic E-state index is 8.88. The fourth-order valence-electron chi connectivity index (χ4n) is 1.03. The Balaban J connectivity index is 2.79. The van der Waals surface area contributed by atoms with Gasteiger partial charge >= 0.3 is 0 Å². The highest BCUT2D eigenvalue weighted by molar-refractivity contribution is 5.37. The van der Waals surface area contributed by atoms with Crippen LogP contribution in [0, 0.1) is 0 Å². The van der Waals surface area contributed by atoms with Crippen molar-refractivity contribution < 1.29 is 5.11 Å². The smallest absolute Gasteiger partial charge is 0.160 e. The lowest BCUT2D eigenvalue weighted by Gasteiger charge is -1.97. The van der Waals surface area contributed by atoms with Crippen molar-refractivity contribution in [1.29, 1.82) is 0 Å². The summed E-state index contributed by atoms with van der Waals surface area (Å²) in [5.74, 6) is 0. The Kier molecular flexibility index (Phi) is 1.33. The zero-order valence-corrected chi connectivity index (χ0v) is 5.81. The normalized spacial score (nSPS) is 10.6. The summed E-state index contributed by atoms with van der Waals surface area (Å²) in [6.07, 6.45) is 1.58. The molecule has 0 aliphatic carbocycles. The maximum absolute atomic E-state index is 8.88. The Morgan fingerprint density at radius 2 is 2.36 bits per heavy atom. The standard InChI is InChI=1S/C7H7N3O/c11-4-6-2-1-3-7-9-8-5-10(6)7/h1-3,5,11H,4H2. The third-order valence-corrected chi connectivity index (χ3v) is 1.58. The predicted octanol–water partition coefficient (Wildman–Crippen LogP) is 0.222. The lowest BCUT2D eigenvalue weighted by atomic mass is 10.3. The van der Waals surface area contributed by atoms with Gasteiger partial charge in [-0.2, -0.15) is 0 Å². The van der Waals surface area contributed by atoms with Gasteiger partial charge in [-0.25, -0.2) is 0 Å². The van der Waals surface area contributed by atoms with Crippen molar-refractivity contribution in [3.8, 4) is 0 Å². The zero-order chi connectivity index (χ0) is 7.68. The molecule has 0 atom stereocenters. The van der Waals surface area contributed by atoms with E-state index in [-0.39, 0.29) is 6.61 Å². The van der Waals surface area contributed by atoms with Gasteiger partial charge in [-0.1, -0.05) is 6.07 Å². The molecule has 0 amide bonds. The molecular weight excluding hydrogens is 142 g/mol. The third kappa shape index (κ3) is 0.877. The molecule has 0 saturated heterocycles. The molecule has 0 spiro atoms. The maximum Gasteiger partial charge on any atom is 0.160 e. The SMILES string of the molecule is OCc1cccc2nncn12. The molecule has 4 heteroatoms. The molecule has 0 aliphatic rings. The van der Waals surface area contributed by atoms with Crippen LogP contribution >= 0.6 is 0 Å². The summed E-state index contributed by atoms with van der Waals surface area (Å²) in [5, 5.41) is 16.4. The topological polar surface area (TPSA) is 50.4 Å². The van der Waals surface area contributed by atoms with Gasteiger partial charge in [0, 0.05) is 0 Å². The van der Waals surface area contributed by atoms with E-state index in [0.29, 0.717) is 0 Å². The minimum absolute atomic E-state index is 0.00931. The third-order valence-electron chi connectivity index (χ3n) is 1.58. The Bertz CT molecular complexity index is 368. The van der Waals surface area contributed by atoms with Crippen molar-refractivity contribution in [2.24, 2.45) is 0 Å². The fourth-order valence-corrected chi connectivity index (χ4v) is 1.03. The van der Waals surface area contributed by atoms with Gasteiger partial charge in [-0.3, -0.25) is 4.40 Å². The average molecular weight is 149 g/mol. The predicted molar refractivity (Wildman–Crippen MR) is 38.9 cm³/mol. The Hall–Kier alpha value is -1.42. The van der Waals surface area contributed by atoms with Crippen molar-refractivity contribution in [1.82, 2.24) is 14.6 Å². The summed E-state index contributed by atoms with van der Waals surface area (Å²) in [7, 11) is 0. The van der Waals surface area contributed by atoms with Gasteiger partial charge in [0.2, 0.25) is 0 Å². The molecular formula is C7H7N3O. The fraction of sp³-hybridized carbons (Fsp3) is 0.143. The number of aliphatic hydroxyl groups is 1. The molecule has 0 saturated carbocycles. The van der Waals surface area contributed by atoms with E-state index in [1.54, 1.807) is 10.7 Å². The van der Waals surface area contributed by atoms with E-state index in [2.05, 4.69) is 10.2 Å². The van der Waals surface area contributed by atoms with Gasteiger partial charge in [-0.05, 0) is 12.1 Å². The number of hydrogen-bond donors (Lipinski definition) is 1. The van der Waals surface area contributed by atoms with Gasteiger partial charge in [0.15, 0.2) is 5.65 Å². The van der Waals surface area contributed by atoms with E-state index in [9.17, 15) is 0 Å². The van der Waals surface area contributed by atoms with Crippen LogP contribution in [0.4, 0.5) is 0 Å². The molecule has 1 N–H and O–H groups in total. The van der Waals surface area contributed by atoms with E-state index in [1.807, 2.05) is 18.2 Å². The summed E-state index contributed by atoms with van der Waals surface area (Å²) in [5.41, 5.74) is 1.56. The van der Waals surface area contributed by atoms with E-state index >= 15 is 0 Å². The summed E-state index contributed by atoms with van der Waals surface area (Å²) >= 11 is 0. The molecule has 4 nitrogen and oxygen atoms in total. The highest BCUT2D eigenvalue weighted by Crippen LogP contribution is 2.03. The molecule has 0 aliphatic heterocycles. The first-order chi connectivity index (χ1) is 5.42. The molecule has 0 fully saturated rings. The van der Waals surface area contributed by atoms with E-state index < -0.39 is 0 Å². The highest BCUT2D eigenvalue weighted by atomic mass is 16.3. The van der Waals surface area contributed by atoms with Gasteiger partial charge in [0.05, 0.1) is 12.3 Å². The number of aliphatic hydroxyl groups excluding tert-OH is 1. The van der Waals surface area contributed by atoms with Crippen LogP contribution < -0.4 is 0 Å². The van der Waals surface area contributed by atoms with Gasteiger partial charge in [0.25, 0.3) is 0 Å². The first-order valence-electron chi connectivity index (χ1n) is 3.30. The van der Waals surface area contributed by atoms with Crippen molar-refractivity contribution in [3.63, 3.8) is 0 Å². The van der Waals surface area contributed by atoms with Crippen LogP contribution in [0.25, 0.3) is 5.65 Å². The first kappa shape index (κ1) is 6.30. The van der Waals surface area contributed by atoms with E-state index in [0.717, 1.165) is 11.3 Å². The zero-order valence-electron chi connectivity index (χ0n) is 5.81. The van der Waals surface area contributed by atoms with Crippen molar-refractivity contribution >= 4 is 5.65 Å². The quantitative estimate of drug-likeness (QED) is 0.631. The number of aromatic nitrogens is 3.